The molecule has 2 heterocycles. The van der Waals surface area contributed by atoms with Gasteiger partial charge in [-0.25, -0.2) is 4.98 Å². The molecule has 150 valence electrons. The predicted octanol–water partition coefficient (Wildman–Crippen LogP) is 4.54. The number of rotatable bonds is 6. The Labute approximate surface area is 173 Å². The van der Waals surface area contributed by atoms with E-state index in [1.807, 2.05) is 6.07 Å². The molecule has 29 heavy (non-hydrogen) atoms. The summed E-state index contributed by atoms with van der Waals surface area (Å²) in [6.45, 7) is 9.12. The highest BCUT2D eigenvalue weighted by molar-refractivity contribution is 5.65. The number of anilines is 3. The summed E-state index contributed by atoms with van der Waals surface area (Å²) in [5, 5.41) is 3.41. The van der Waals surface area contributed by atoms with Gasteiger partial charge in [-0.1, -0.05) is 62.4 Å². The molecule has 1 fully saturated rings. The molecule has 1 saturated heterocycles. The number of nitrogens with one attached hydrogen (secondary N) is 1. The molecule has 0 amide bonds. The van der Waals surface area contributed by atoms with Gasteiger partial charge < -0.3 is 15.1 Å². The maximum absolute atomic E-state index is 4.84. The zero-order chi connectivity index (χ0) is 20.1. The van der Waals surface area contributed by atoms with Crippen LogP contribution in [0.25, 0.3) is 11.3 Å². The zero-order valence-corrected chi connectivity index (χ0v) is 17.3. The van der Waals surface area contributed by atoms with Crippen molar-refractivity contribution in [3.05, 3.63) is 66.7 Å². The molecule has 0 radical (unpaired) electrons. The second-order valence-corrected chi connectivity index (χ2v) is 7.89. The van der Waals surface area contributed by atoms with E-state index < -0.39 is 0 Å². The standard InChI is InChI=1S/C24H29N5/c1-19(2)18-25-24-26-22(20-9-5-3-6-10-20)17-23(27-24)29-15-13-28(14-16-29)21-11-7-4-8-12-21/h3-12,17,19H,13-16,18H2,1-2H3,(H,25,26,27). The molecule has 0 bridgehead atoms. The van der Waals surface area contributed by atoms with Crippen molar-refractivity contribution in [1.29, 1.82) is 0 Å². The predicted molar refractivity (Wildman–Crippen MR) is 122 cm³/mol. The third kappa shape index (κ3) is 4.86. The highest BCUT2D eigenvalue weighted by atomic mass is 15.3. The van der Waals surface area contributed by atoms with Crippen molar-refractivity contribution in [3.8, 4) is 11.3 Å². The summed E-state index contributed by atoms with van der Waals surface area (Å²) in [5.74, 6) is 2.25. The SMILES string of the molecule is CC(C)CNc1nc(-c2ccccc2)cc(N2CCN(c3ccccc3)CC2)n1. The molecule has 2 aromatic carbocycles. The van der Waals surface area contributed by atoms with Gasteiger partial charge in [0.25, 0.3) is 0 Å². The third-order valence-electron chi connectivity index (χ3n) is 5.18. The Hall–Kier alpha value is -3.08. The van der Waals surface area contributed by atoms with Gasteiger partial charge in [-0.05, 0) is 18.1 Å². The molecule has 1 aliphatic rings. The van der Waals surface area contributed by atoms with Crippen molar-refractivity contribution in [2.24, 2.45) is 5.92 Å². The summed E-state index contributed by atoms with van der Waals surface area (Å²) in [6, 6.07) is 23.1. The number of hydrogen-bond donors (Lipinski definition) is 1. The van der Waals surface area contributed by atoms with E-state index in [-0.39, 0.29) is 0 Å². The van der Waals surface area contributed by atoms with E-state index in [9.17, 15) is 0 Å². The van der Waals surface area contributed by atoms with Crippen molar-refractivity contribution in [3.63, 3.8) is 0 Å². The Morgan fingerprint density at radius 2 is 1.45 bits per heavy atom. The number of hydrogen-bond acceptors (Lipinski definition) is 5. The van der Waals surface area contributed by atoms with E-state index in [1.54, 1.807) is 0 Å². The molecule has 0 unspecified atom stereocenters. The van der Waals surface area contributed by atoms with E-state index in [4.69, 9.17) is 9.97 Å². The number of para-hydroxylation sites is 1. The van der Waals surface area contributed by atoms with Crippen molar-refractivity contribution in [2.45, 2.75) is 13.8 Å². The summed E-state index contributed by atoms with van der Waals surface area (Å²) in [4.78, 5) is 14.4. The molecule has 1 aliphatic heterocycles. The van der Waals surface area contributed by atoms with Gasteiger partial charge in [-0.3, -0.25) is 0 Å². The summed E-state index contributed by atoms with van der Waals surface area (Å²) in [7, 11) is 0. The Morgan fingerprint density at radius 3 is 2.10 bits per heavy atom. The largest absolute Gasteiger partial charge is 0.368 e. The van der Waals surface area contributed by atoms with Gasteiger partial charge in [0.1, 0.15) is 5.82 Å². The molecule has 0 saturated carbocycles. The van der Waals surface area contributed by atoms with Crippen LogP contribution in [-0.4, -0.2) is 42.7 Å². The first kappa shape index (κ1) is 19.2. The van der Waals surface area contributed by atoms with E-state index >= 15 is 0 Å². The smallest absolute Gasteiger partial charge is 0.225 e. The molecule has 1 aromatic heterocycles. The topological polar surface area (TPSA) is 44.3 Å². The van der Waals surface area contributed by atoms with Gasteiger partial charge >= 0.3 is 0 Å². The minimum Gasteiger partial charge on any atom is -0.368 e. The van der Waals surface area contributed by atoms with Crippen molar-refractivity contribution < 1.29 is 0 Å². The highest BCUT2D eigenvalue weighted by Gasteiger charge is 2.20. The lowest BCUT2D eigenvalue weighted by molar-refractivity contribution is 0.646. The van der Waals surface area contributed by atoms with Crippen LogP contribution in [0.4, 0.5) is 17.5 Å². The van der Waals surface area contributed by atoms with Crippen LogP contribution >= 0.6 is 0 Å². The Balaban J connectivity index is 1.55. The van der Waals surface area contributed by atoms with E-state index in [2.05, 4.69) is 89.6 Å². The fourth-order valence-electron chi connectivity index (χ4n) is 3.56. The maximum atomic E-state index is 4.84. The normalized spacial score (nSPS) is 14.3. The molecule has 1 N–H and O–H groups in total. The molecule has 5 nitrogen and oxygen atoms in total. The van der Waals surface area contributed by atoms with Crippen LogP contribution in [0.2, 0.25) is 0 Å². The molecule has 0 atom stereocenters. The van der Waals surface area contributed by atoms with Crippen LogP contribution in [-0.2, 0) is 0 Å². The van der Waals surface area contributed by atoms with Crippen LogP contribution in [0.1, 0.15) is 13.8 Å². The Kier molecular flexibility index (Phi) is 5.94. The van der Waals surface area contributed by atoms with Crippen LogP contribution in [0, 0.1) is 5.92 Å². The van der Waals surface area contributed by atoms with Crippen LogP contribution < -0.4 is 15.1 Å². The minimum atomic E-state index is 0.539. The van der Waals surface area contributed by atoms with E-state index in [0.29, 0.717) is 11.9 Å². The van der Waals surface area contributed by atoms with Crippen LogP contribution in [0.5, 0.6) is 0 Å². The van der Waals surface area contributed by atoms with Crippen LogP contribution in [0.3, 0.4) is 0 Å². The minimum absolute atomic E-state index is 0.539. The number of nitrogens with zero attached hydrogens (tertiary/aromatic N) is 4. The fraction of sp³-hybridized carbons (Fsp3) is 0.333. The summed E-state index contributed by atoms with van der Waals surface area (Å²) >= 11 is 0. The quantitative estimate of drug-likeness (QED) is 0.673. The summed E-state index contributed by atoms with van der Waals surface area (Å²) in [5.41, 5.74) is 3.37. The van der Waals surface area contributed by atoms with Crippen molar-refractivity contribution >= 4 is 17.5 Å². The van der Waals surface area contributed by atoms with E-state index in [0.717, 1.165) is 49.8 Å². The fourth-order valence-corrected chi connectivity index (χ4v) is 3.56. The summed E-state index contributed by atoms with van der Waals surface area (Å²) in [6.07, 6.45) is 0. The molecular weight excluding hydrogens is 358 g/mol. The van der Waals surface area contributed by atoms with Crippen molar-refractivity contribution in [1.82, 2.24) is 9.97 Å². The first-order chi connectivity index (χ1) is 14.2. The molecule has 0 spiro atoms. The highest BCUT2D eigenvalue weighted by Crippen LogP contribution is 2.25. The van der Waals surface area contributed by atoms with Gasteiger partial charge in [0.2, 0.25) is 5.95 Å². The second kappa shape index (κ2) is 8.95. The summed E-state index contributed by atoms with van der Waals surface area (Å²) < 4.78 is 0. The lowest BCUT2D eigenvalue weighted by Gasteiger charge is -2.37. The van der Waals surface area contributed by atoms with E-state index in [1.165, 1.54) is 5.69 Å². The number of benzene rings is 2. The average molecular weight is 388 g/mol. The lowest BCUT2D eigenvalue weighted by Crippen LogP contribution is -2.46. The zero-order valence-electron chi connectivity index (χ0n) is 17.3. The first-order valence-electron chi connectivity index (χ1n) is 10.4. The molecular formula is C24H29N5. The number of piperazine rings is 1. The van der Waals surface area contributed by atoms with Gasteiger partial charge in [0, 0.05) is 50.0 Å². The lowest BCUT2D eigenvalue weighted by atomic mass is 10.1. The van der Waals surface area contributed by atoms with Crippen molar-refractivity contribution in [2.75, 3.05) is 47.8 Å². The Morgan fingerprint density at radius 1 is 0.828 bits per heavy atom. The average Bonchev–Trinajstić information content (AvgIpc) is 2.79. The Bertz CT molecular complexity index is 903. The van der Waals surface area contributed by atoms with Gasteiger partial charge in [-0.2, -0.15) is 4.98 Å². The first-order valence-corrected chi connectivity index (χ1v) is 10.4. The monoisotopic (exact) mass is 387 g/mol. The van der Waals surface area contributed by atoms with Gasteiger partial charge in [0.05, 0.1) is 5.69 Å². The second-order valence-electron chi connectivity index (χ2n) is 7.89. The third-order valence-corrected chi connectivity index (χ3v) is 5.18. The molecule has 4 rings (SSSR count). The van der Waals surface area contributed by atoms with Crippen LogP contribution in [0.15, 0.2) is 66.7 Å². The molecule has 0 aliphatic carbocycles. The molecule has 3 aromatic rings. The van der Waals surface area contributed by atoms with Gasteiger partial charge in [0.15, 0.2) is 0 Å². The van der Waals surface area contributed by atoms with Gasteiger partial charge in [-0.15, -0.1) is 0 Å². The number of aromatic nitrogens is 2. The molecule has 5 heteroatoms. The maximum Gasteiger partial charge on any atom is 0.225 e.